The predicted molar refractivity (Wildman–Crippen MR) is 66.1 cm³/mol. The van der Waals surface area contributed by atoms with E-state index in [-0.39, 0.29) is 17.4 Å². The molecule has 4 heteroatoms. The van der Waals surface area contributed by atoms with Crippen LogP contribution in [0.15, 0.2) is 0 Å². The number of carbonyl (C=O) groups excluding carboxylic acids is 1. The molecule has 1 saturated heterocycles. The van der Waals surface area contributed by atoms with Gasteiger partial charge in [-0.1, -0.05) is 20.8 Å². The molecule has 0 aromatic carbocycles. The Bertz CT molecular complexity index is 253. The molecule has 0 aromatic heterocycles. The minimum atomic E-state index is -0.133. The van der Waals surface area contributed by atoms with E-state index < -0.39 is 0 Å². The van der Waals surface area contributed by atoms with Crippen molar-refractivity contribution in [2.24, 2.45) is 11.1 Å². The van der Waals surface area contributed by atoms with Gasteiger partial charge in [0.2, 0.25) is 5.91 Å². The van der Waals surface area contributed by atoms with Crippen molar-refractivity contribution in [3.8, 4) is 0 Å². The summed E-state index contributed by atoms with van der Waals surface area (Å²) in [7, 11) is 1.88. The summed E-state index contributed by atoms with van der Waals surface area (Å²) in [5.41, 5.74) is 5.89. The summed E-state index contributed by atoms with van der Waals surface area (Å²) in [5, 5.41) is 0. The van der Waals surface area contributed by atoms with Crippen LogP contribution in [0.2, 0.25) is 0 Å². The first kappa shape index (κ1) is 13.5. The van der Waals surface area contributed by atoms with Crippen LogP contribution >= 0.6 is 0 Å². The number of carbonyl (C=O) groups is 1. The summed E-state index contributed by atoms with van der Waals surface area (Å²) in [6.45, 7) is 9.67. The number of hydrogen-bond acceptors (Lipinski definition) is 3. The van der Waals surface area contributed by atoms with Crippen LogP contribution in [0.5, 0.6) is 0 Å². The zero-order valence-corrected chi connectivity index (χ0v) is 11.0. The third-order valence-corrected chi connectivity index (χ3v) is 3.13. The van der Waals surface area contributed by atoms with Crippen LogP contribution in [-0.2, 0) is 4.79 Å². The molecular weight excluding hydrogens is 202 g/mol. The van der Waals surface area contributed by atoms with Crippen LogP contribution < -0.4 is 5.73 Å². The zero-order valence-electron chi connectivity index (χ0n) is 11.0. The summed E-state index contributed by atoms with van der Waals surface area (Å²) in [4.78, 5) is 16.2. The second-order valence-electron chi connectivity index (χ2n) is 5.58. The Labute approximate surface area is 98.8 Å². The lowest BCUT2D eigenvalue weighted by Crippen LogP contribution is -2.49. The second-order valence-corrected chi connectivity index (χ2v) is 5.58. The van der Waals surface area contributed by atoms with E-state index in [2.05, 4.69) is 25.7 Å². The van der Waals surface area contributed by atoms with E-state index >= 15 is 0 Å². The quantitative estimate of drug-likeness (QED) is 0.765. The van der Waals surface area contributed by atoms with Gasteiger partial charge in [-0.2, -0.15) is 0 Å². The molecule has 1 amide bonds. The lowest BCUT2D eigenvalue weighted by atomic mass is 9.92. The Hall–Kier alpha value is -0.610. The van der Waals surface area contributed by atoms with Crippen molar-refractivity contribution in [3.63, 3.8) is 0 Å². The fourth-order valence-corrected chi connectivity index (χ4v) is 2.61. The van der Waals surface area contributed by atoms with Gasteiger partial charge in [0.05, 0.1) is 0 Å². The van der Waals surface area contributed by atoms with E-state index in [4.69, 9.17) is 5.73 Å². The molecule has 0 saturated carbocycles. The molecule has 0 aromatic rings. The SMILES string of the molecule is CCCN1CC(C)(C)CN(C)C(=O)C1CN. The Balaban J connectivity index is 2.91. The topological polar surface area (TPSA) is 49.6 Å². The molecule has 1 unspecified atom stereocenters. The van der Waals surface area contributed by atoms with Crippen molar-refractivity contribution in [2.75, 3.05) is 33.2 Å². The number of nitrogens with zero attached hydrogens (tertiary/aromatic N) is 2. The minimum Gasteiger partial charge on any atom is -0.344 e. The average molecular weight is 227 g/mol. The number of hydrogen-bond donors (Lipinski definition) is 1. The summed E-state index contributed by atoms with van der Waals surface area (Å²) >= 11 is 0. The predicted octanol–water partition coefficient (Wildman–Crippen LogP) is 0.524. The summed E-state index contributed by atoms with van der Waals surface area (Å²) in [6.07, 6.45) is 1.06. The molecule has 0 bridgehead atoms. The Morgan fingerprint density at radius 2 is 2.06 bits per heavy atom. The van der Waals surface area contributed by atoms with Crippen molar-refractivity contribution in [1.29, 1.82) is 0 Å². The summed E-state index contributed by atoms with van der Waals surface area (Å²) < 4.78 is 0. The molecule has 2 N–H and O–H groups in total. The lowest BCUT2D eigenvalue weighted by molar-refractivity contribution is -0.133. The number of amides is 1. The molecular formula is C12H25N3O. The van der Waals surface area contributed by atoms with Gasteiger partial charge in [-0.15, -0.1) is 0 Å². The standard InChI is InChI=1S/C12H25N3O/c1-5-6-15-9-12(2,3)8-14(4)11(16)10(15)7-13/h10H,5-9,13H2,1-4H3. The van der Waals surface area contributed by atoms with Gasteiger partial charge in [0.15, 0.2) is 0 Å². The minimum absolute atomic E-state index is 0.133. The third-order valence-electron chi connectivity index (χ3n) is 3.13. The Kier molecular flexibility index (Phi) is 4.33. The van der Waals surface area contributed by atoms with E-state index in [9.17, 15) is 4.79 Å². The van der Waals surface area contributed by atoms with Gasteiger partial charge in [0, 0.05) is 26.7 Å². The van der Waals surface area contributed by atoms with Gasteiger partial charge in [0.1, 0.15) is 6.04 Å². The summed E-state index contributed by atoms with van der Waals surface area (Å²) in [6, 6.07) is -0.133. The smallest absolute Gasteiger partial charge is 0.240 e. The van der Waals surface area contributed by atoms with Crippen LogP contribution in [0.1, 0.15) is 27.2 Å². The van der Waals surface area contributed by atoms with Crippen molar-refractivity contribution < 1.29 is 4.79 Å². The first-order valence-electron chi connectivity index (χ1n) is 6.10. The normalized spacial score (nSPS) is 26.9. The number of nitrogens with two attached hydrogens (primary N) is 1. The molecule has 0 radical (unpaired) electrons. The van der Waals surface area contributed by atoms with Crippen LogP contribution in [0, 0.1) is 5.41 Å². The van der Waals surface area contributed by atoms with Crippen molar-refractivity contribution in [1.82, 2.24) is 9.80 Å². The van der Waals surface area contributed by atoms with E-state index in [1.807, 2.05) is 11.9 Å². The van der Waals surface area contributed by atoms with E-state index in [0.29, 0.717) is 6.54 Å². The van der Waals surface area contributed by atoms with Gasteiger partial charge < -0.3 is 10.6 Å². The molecule has 0 spiro atoms. The molecule has 0 aliphatic carbocycles. The summed E-state index contributed by atoms with van der Waals surface area (Å²) in [5.74, 6) is 0.168. The molecule has 1 heterocycles. The highest BCUT2D eigenvalue weighted by molar-refractivity contribution is 5.82. The molecule has 1 fully saturated rings. The molecule has 1 rings (SSSR count). The first-order chi connectivity index (χ1) is 7.41. The highest BCUT2D eigenvalue weighted by Crippen LogP contribution is 2.24. The van der Waals surface area contributed by atoms with Gasteiger partial charge in [-0.05, 0) is 18.4 Å². The van der Waals surface area contributed by atoms with E-state index in [1.165, 1.54) is 0 Å². The van der Waals surface area contributed by atoms with Crippen molar-refractivity contribution in [3.05, 3.63) is 0 Å². The van der Waals surface area contributed by atoms with Crippen molar-refractivity contribution in [2.45, 2.75) is 33.2 Å². The van der Waals surface area contributed by atoms with Gasteiger partial charge in [-0.25, -0.2) is 0 Å². The first-order valence-corrected chi connectivity index (χ1v) is 6.10. The number of rotatable bonds is 3. The third kappa shape index (κ3) is 2.95. The molecule has 16 heavy (non-hydrogen) atoms. The lowest BCUT2D eigenvalue weighted by Gasteiger charge is -2.31. The van der Waals surface area contributed by atoms with Crippen LogP contribution in [-0.4, -0.2) is 55.0 Å². The molecule has 1 atom stereocenters. The average Bonchev–Trinajstić information content (AvgIpc) is 2.23. The number of likely N-dealkylation sites (N-methyl/N-ethyl adjacent to an activating group) is 1. The monoisotopic (exact) mass is 227 g/mol. The highest BCUT2D eigenvalue weighted by atomic mass is 16.2. The van der Waals surface area contributed by atoms with Crippen LogP contribution in [0.3, 0.4) is 0 Å². The van der Waals surface area contributed by atoms with Gasteiger partial charge >= 0.3 is 0 Å². The van der Waals surface area contributed by atoms with Crippen LogP contribution in [0.4, 0.5) is 0 Å². The molecule has 1 aliphatic heterocycles. The van der Waals surface area contributed by atoms with Gasteiger partial charge in [-0.3, -0.25) is 9.69 Å². The van der Waals surface area contributed by atoms with E-state index in [1.54, 1.807) is 0 Å². The molecule has 1 aliphatic rings. The fraction of sp³-hybridized carbons (Fsp3) is 0.917. The maximum Gasteiger partial charge on any atom is 0.240 e. The largest absolute Gasteiger partial charge is 0.344 e. The molecule has 4 nitrogen and oxygen atoms in total. The Morgan fingerprint density at radius 1 is 1.44 bits per heavy atom. The maximum absolute atomic E-state index is 12.2. The fourth-order valence-electron chi connectivity index (χ4n) is 2.61. The zero-order chi connectivity index (χ0) is 12.3. The highest BCUT2D eigenvalue weighted by Gasteiger charge is 2.36. The van der Waals surface area contributed by atoms with Gasteiger partial charge in [0.25, 0.3) is 0 Å². The Morgan fingerprint density at radius 3 is 2.56 bits per heavy atom. The van der Waals surface area contributed by atoms with E-state index in [0.717, 1.165) is 26.1 Å². The van der Waals surface area contributed by atoms with Crippen LogP contribution in [0.25, 0.3) is 0 Å². The maximum atomic E-state index is 12.2. The second kappa shape index (κ2) is 5.15. The molecule has 94 valence electrons. The van der Waals surface area contributed by atoms with Crippen molar-refractivity contribution >= 4 is 5.91 Å².